The van der Waals surface area contributed by atoms with Gasteiger partial charge in [-0.05, 0) is 53.1 Å². The number of pyridine rings is 1. The smallest absolute Gasteiger partial charge is 0.221 e. The van der Waals surface area contributed by atoms with E-state index in [1.165, 1.54) is 24.3 Å². The summed E-state index contributed by atoms with van der Waals surface area (Å²) in [4.78, 5) is 17.6. The third-order valence-electron chi connectivity index (χ3n) is 6.17. The summed E-state index contributed by atoms with van der Waals surface area (Å²) >= 11 is 0. The molecule has 2 heterocycles. The second-order valence-corrected chi connectivity index (χ2v) is 8.74. The number of nitrogens with one attached hydrogen (secondary N) is 1. The molecule has 5 aromatic rings. The lowest BCUT2D eigenvalue weighted by Crippen LogP contribution is -2.25. The number of nitrogens with zero attached hydrogens (tertiary/aromatic N) is 2. The Bertz CT molecular complexity index is 1500. The molecule has 0 aliphatic heterocycles. The Kier molecular flexibility index (Phi) is 7.21. The van der Waals surface area contributed by atoms with Crippen molar-refractivity contribution in [3.8, 4) is 5.75 Å². The van der Waals surface area contributed by atoms with E-state index in [0.29, 0.717) is 23.6 Å². The van der Waals surface area contributed by atoms with E-state index in [4.69, 9.17) is 4.74 Å². The number of fused-ring (bicyclic) bond motifs is 1. The van der Waals surface area contributed by atoms with Crippen LogP contribution in [0.1, 0.15) is 34.7 Å². The molecule has 0 fully saturated rings. The van der Waals surface area contributed by atoms with Crippen LogP contribution in [0.2, 0.25) is 0 Å². The molecule has 7 heteroatoms. The molecule has 0 radical (unpaired) electrons. The molecule has 3 aromatic carbocycles. The van der Waals surface area contributed by atoms with Crippen molar-refractivity contribution < 1.29 is 18.3 Å². The van der Waals surface area contributed by atoms with Crippen molar-refractivity contribution in [2.75, 3.05) is 0 Å². The van der Waals surface area contributed by atoms with Crippen LogP contribution in [0.25, 0.3) is 5.65 Å². The maximum absolute atomic E-state index is 14.2. The summed E-state index contributed by atoms with van der Waals surface area (Å²) in [5.74, 6) is -0.777. The molecule has 0 saturated heterocycles. The van der Waals surface area contributed by atoms with Gasteiger partial charge in [0, 0.05) is 31.3 Å². The summed E-state index contributed by atoms with van der Waals surface area (Å²) in [6.07, 6.45) is 3.64. The van der Waals surface area contributed by atoms with Crippen LogP contribution in [0.3, 0.4) is 0 Å². The lowest BCUT2D eigenvalue weighted by molar-refractivity contribution is -0.121. The molecule has 5 nitrogen and oxygen atoms in total. The van der Waals surface area contributed by atoms with E-state index in [2.05, 4.69) is 10.3 Å². The zero-order valence-electron chi connectivity index (χ0n) is 20.0. The van der Waals surface area contributed by atoms with Gasteiger partial charge in [0.2, 0.25) is 5.91 Å². The van der Waals surface area contributed by atoms with Gasteiger partial charge in [-0.2, -0.15) is 0 Å². The van der Waals surface area contributed by atoms with E-state index < -0.39 is 5.92 Å². The van der Waals surface area contributed by atoms with Crippen molar-refractivity contribution in [3.05, 3.63) is 137 Å². The first-order valence-corrected chi connectivity index (χ1v) is 12.0. The Labute approximate surface area is 213 Å². The van der Waals surface area contributed by atoms with E-state index in [1.54, 1.807) is 30.5 Å². The quantitative estimate of drug-likeness (QED) is 0.271. The molecule has 5 rings (SSSR count). The van der Waals surface area contributed by atoms with Crippen LogP contribution in [-0.4, -0.2) is 15.3 Å². The SMILES string of the molecule is O=C(CC(c1cccc(F)c1)c1cnc2c(OCc3ccccc3)cccn12)NCc1ccc(F)cc1. The van der Waals surface area contributed by atoms with Crippen LogP contribution >= 0.6 is 0 Å². The number of ether oxygens (including phenoxy) is 1. The third-order valence-corrected chi connectivity index (χ3v) is 6.17. The predicted molar refractivity (Wildman–Crippen MR) is 137 cm³/mol. The summed E-state index contributed by atoms with van der Waals surface area (Å²) in [7, 11) is 0. The van der Waals surface area contributed by atoms with Crippen molar-refractivity contribution in [3.63, 3.8) is 0 Å². The van der Waals surface area contributed by atoms with Gasteiger partial charge < -0.3 is 14.5 Å². The first-order valence-electron chi connectivity index (χ1n) is 12.0. The second-order valence-electron chi connectivity index (χ2n) is 8.74. The molecule has 1 N–H and O–H groups in total. The number of carbonyl (C=O) groups is 1. The molecule has 186 valence electrons. The van der Waals surface area contributed by atoms with Crippen LogP contribution in [0.5, 0.6) is 5.75 Å². The summed E-state index contributed by atoms with van der Waals surface area (Å²) in [6, 6.07) is 25.7. The summed E-state index contributed by atoms with van der Waals surface area (Å²) in [6.45, 7) is 0.654. The standard InChI is InChI=1S/C30H25F2N3O2/c31-24-13-11-21(12-14-24)18-33-29(36)17-26(23-8-4-9-25(32)16-23)27-19-34-30-28(10-5-15-35(27)30)37-20-22-6-2-1-3-7-22/h1-16,19,26H,17-18,20H2,(H,33,36). The lowest BCUT2D eigenvalue weighted by atomic mass is 9.92. The molecule has 0 aliphatic carbocycles. The Balaban J connectivity index is 1.41. The fourth-order valence-electron chi connectivity index (χ4n) is 4.29. The predicted octanol–water partition coefficient (Wildman–Crippen LogP) is 6.03. The van der Waals surface area contributed by atoms with Crippen molar-refractivity contribution in [1.82, 2.24) is 14.7 Å². The second kappa shape index (κ2) is 11.0. The number of carbonyl (C=O) groups excluding carboxylic acids is 1. The first kappa shape index (κ1) is 24.2. The van der Waals surface area contributed by atoms with Gasteiger partial charge in [0.15, 0.2) is 11.4 Å². The molecule has 2 aromatic heterocycles. The highest BCUT2D eigenvalue weighted by Gasteiger charge is 2.23. The number of benzene rings is 3. The zero-order valence-corrected chi connectivity index (χ0v) is 20.0. The van der Waals surface area contributed by atoms with Gasteiger partial charge in [0.1, 0.15) is 18.2 Å². The number of hydrogen-bond donors (Lipinski definition) is 1. The minimum absolute atomic E-state index is 0.0769. The van der Waals surface area contributed by atoms with Gasteiger partial charge in [-0.15, -0.1) is 0 Å². The Hall–Kier alpha value is -4.52. The number of rotatable bonds is 9. The average molecular weight is 498 g/mol. The van der Waals surface area contributed by atoms with Crippen LogP contribution in [0.15, 0.2) is 103 Å². The number of amides is 1. The number of aromatic nitrogens is 2. The van der Waals surface area contributed by atoms with Crippen molar-refractivity contribution in [2.24, 2.45) is 0 Å². The molecule has 1 atom stereocenters. The molecule has 0 bridgehead atoms. The topological polar surface area (TPSA) is 55.6 Å². The Morgan fingerprint density at radius 1 is 0.892 bits per heavy atom. The fraction of sp³-hybridized carbons (Fsp3) is 0.133. The minimum atomic E-state index is -0.455. The monoisotopic (exact) mass is 497 g/mol. The van der Waals surface area contributed by atoms with Crippen molar-refractivity contribution in [2.45, 2.75) is 25.5 Å². The van der Waals surface area contributed by atoms with Crippen LogP contribution < -0.4 is 10.1 Å². The van der Waals surface area contributed by atoms with Crippen LogP contribution in [0, 0.1) is 11.6 Å². The van der Waals surface area contributed by atoms with Gasteiger partial charge in [-0.1, -0.05) is 54.6 Å². The first-order chi connectivity index (χ1) is 18.1. The Morgan fingerprint density at radius 2 is 1.70 bits per heavy atom. The number of halogens is 2. The Morgan fingerprint density at radius 3 is 2.49 bits per heavy atom. The van der Waals surface area contributed by atoms with Gasteiger partial charge in [-0.3, -0.25) is 4.79 Å². The molecule has 1 amide bonds. The number of imidazole rings is 1. The van der Waals surface area contributed by atoms with Crippen molar-refractivity contribution >= 4 is 11.6 Å². The highest BCUT2D eigenvalue weighted by molar-refractivity contribution is 5.77. The van der Waals surface area contributed by atoms with Crippen LogP contribution in [-0.2, 0) is 17.9 Å². The molecule has 1 unspecified atom stereocenters. The number of hydrogen-bond acceptors (Lipinski definition) is 3. The summed E-state index contributed by atoms with van der Waals surface area (Å²) in [5.41, 5.74) is 3.83. The molecule has 0 aliphatic rings. The summed E-state index contributed by atoms with van der Waals surface area (Å²) in [5, 5.41) is 2.88. The van der Waals surface area contributed by atoms with Gasteiger partial charge >= 0.3 is 0 Å². The molecule has 0 saturated carbocycles. The third kappa shape index (κ3) is 5.83. The molecule has 37 heavy (non-hydrogen) atoms. The van der Waals surface area contributed by atoms with Gasteiger partial charge in [0.25, 0.3) is 0 Å². The van der Waals surface area contributed by atoms with E-state index >= 15 is 0 Å². The van der Waals surface area contributed by atoms with E-state index in [1.807, 2.05) is 53.1 Å². The molecular weight excluding hydrogens is 472 g/mol. The van der Waals surface area contributed by atoms with Crippen LogP contribution in [0.4, 0.5) is 8.78 Å². The van der Waals surface area contributed by atoms with E-state index in [-0.39, 0.29) is 30.5 Å². The highest BCUT2D eigenvalue weighted by atomic mass is 19.1. The molecular formula is C30H25F2N3O2. The average Bonchev–Trinajstić information content (AvgIpc) is 3.35. The van der Waals surface area contributed by atoms with E-state index in [9.17, 15) is 13.6 Å². The normalized spacial score (nSPS) is 11.8. The lowest BCUT2D eigenvalue weighted by Gasteiger charge is -2.18. The van der Waals surface area contributed by atoms with Crippen molar-refractivity contribution in [1.29, 1.82) is 0 Å². The maximum atomic E-state index is 14.2. The van der Waals surface area contributed by atoms with Gasteiger partial charge in [0.05, 0.1) is 5.69 Å². The largest absolute Gasteiger partial charge is 0.485 e. The summed E-state index contributed by atoms with van der Waals surface area (Å²) < 4.78 is 35.3. The fourth-order valence-corrected chi connectivity index (χ4v) is 4.29. The minimum Gasteiger partial charge on any atom is -0.485 e. The zero-order chi connectivity index (χ0) is 25.6. The highest BCUT2D eigenvalue weighted by Crippen LogP contribution is 2.31. The van der Waals surface area contributed by atoms with E-state index in [0.717, 1.165) is 16.8 Å². The van der Waals surface area contributed by atoms with Gasteiger partial charge in [-0.25, -0.2) is 13.8 Å². The molecule has 0 spiro atoms. The maximum Gasteiger partial charge on any atom is 0.221 e.